The molecule has 0 amide bonds. The Morgan fingerprint density at radius 3 is 2.18 bits per heavy atom. The Bertz CT molecular complexity index is 950. The topological polar surface area (TPSA) is 76.5 Å². The Kier molecular flexibility index (Phi) is 10.7. The molecule has 2 aromatic carbocycles. The van der Waals surface area contributed by atoms with Crippen molar-refractivity contribution in [2.45, 2.75) is 77.1 Å². The fraction of sp³-hybridized carbons (Fsp3) is 0.448. The molecule has 34 heavy (non-hydrogen) atoms. The van der Waals surface area contributed by atoms with Crippen molar-refractivity contribution in [3.8, 4) is 11.8 Å². The van der Waals surface area contributed by atoms with Crippen LogP contribution in [0.4, 0.5) is 0 Å². The summed E-state index contributed by atoms with van der Waals surface area (Å²) in [5.41, 5.74) is 7.35. The Labute approximate surface area is 204 Å². The summed E-state index contributed by atoms with van der Waals surface area (Å²) in [4.78, 5) is 0. The van der Waals surface area contributed by atoms with Gasteiger partial charge in [0, 0.05) is 36.0 Å². The van der Waals surface area contributed by atoms with Crippen LogP contribution in [-0.4, -0.2) is 35.0 Å². The molecule has 2 aromatic rings. The van der Waals surface area contributed by atoms with Crippen molar-refractivity contribution in [3.63, 3.8) is 0 Å². The third-order valence-electron chi connectivity index (χ3n) is 6.34. The van der Waals surface area contributed by atoms with Gasteiger partial charge in [-0.15, -0.1) is 0 Å². The molecule has 0 radical (unpaired) electrons. The van der Waals surface area contributed by atoms with Gasteiger partial charge in [-0.2, -0.15) is 0 Å². The zero-order valence-corrected chi connectivity index (χ0v) is 20.5. The van der Waals surface area contributed by atoms with Gasteiger partial charge in [0.1, 0.15) is 0 Å². The number of rotatable bonds is 10. The Hall–Kier alpha value is -2.62. The first-order chi connectivity index (χ1) is 16.6. The van der Waals surface area contributed by atoms with E-state index in [0.717, 1.165) is 35.4 Å². The second kappa shape index (κ2) is 13.9. The maximum absolute atomic E-state index is 9.97. The molecule has 0 spiro atoms. The largest absolute Gasteiger partial charge is 0.391 e. The molecule has 182 valence electrons. The van der Waals surface area contributed by atoms with E-state index in [-0.39, 0.29) is 12.6 Å². The highest BCUT2D eigenvalue weighted by Crippen LogP contribution is 2.18. The van der Waals surface area contributed by atoms with E-state index in [4.69, 9.17) is 5.21 Å². The van der Waals surface area contributed by atoms with Gasteiger partial charge in [-0.1, -0.05) is 68.4 Å². The Morgan fingerprint density at radius 2 is 1.62 bits per heavy atom. The molecular weight excluding hydrogens is 422 g/mol. The van der Waals surface area contributed by atoms with Crippen molar-refractivity contribution in [1.29, 1.82) is 0 Å². The number of hydroxylamine groups is 1. The molecule has 2 atom stereocenters. The highest BCUT2D eigenvalue weighted by molar-refractivity contribution is 5.65. The molecule has 0 aromatic heterocycles. The molecule has 2 unspecified atom stereocenters. The van der Waals surface area contributed by atoms with Crippen LogP contribution in [0.5, 0.6) is 0 Å². The van der Waals surface area contributed by atoms with E-state index in [9.17, 15) is 5.11 Å². The predicted octanol–water partition coefficient (Wildman–Crippen LogP) is 4.58. The molecule has 1 fully saturated rings. The van der Waals surface area contributed by atoms with E-state index in [1.54, 1.807) is 6.92 Å². The van der Waals surface area contributed by atoms with Crippen molar-refractivity contribution in [2.24, 2.45) is 0 Å². The smallest absolute Gasteiger partial charge is 0.0726 e. The van der Waals surface area contributed by atoms with Crippen LogP contribution in [0.1, 0.15) is 74.6 Å². The van der Waals surface area contributed by atoms with E-state index in [1.807, 2.05) is 24.3 Å². The van der Waals surface area contributed by atoms with Gasteiger partial charge in [-0.25, -0.2) is 5.48 Å². The summed E-state index contributed by atoms with van der Waals surface area (Å²) in [5.74, 6) is 6.51. The fourth-order valence-electron chi connectivity index (χ4n) is 4.26. The summed E-state index contributed by atoms with van der Waals surface area (Å²) >= 11 is 0. The molecule has 1 aliphatic rings. The van der Waals surface area contributed by atoms with Gasteiger partial charge in [0.15, 0.2) is 0 Å². The van der Waals surface area contributed by atoms with Gasteiger partial charge < -0.3 is 20.9 Å². The van der Waals surface area contributed by atoms with E-state index < -0.39 is 6.10 Å². The molecule has 5 N–H and O–H groups in total. The third-order valence-corrected chi connectivity index (χ3v) is 6.34. The maximum atomic E-state index is 9.97. The van der Waals surface area contributed by atoms with Crippen molar-refractivity contribution in [3.05, 3.63) is 76.9 Å². The van der Waals surface area contributed by atoms with Gasteiger partial charge in [-0.3, -0.25) is 0 Å². The zero-order chi connectivity index (χ0) is 24.2. The lowest BCUT2D eigenvalue weighted by Crippen LogP contribution is -2.44. The summed E-state index contributed by atoms with van der Waals surface area (Å²) in [6, 6.07) is 17.0. The van der Waals surface area contributed by atoms with Crippen LogP contribution in [0.15, 0.2) is 54.6 Å². The van der Waals surface area contributed by atoms with Crippen LogP contribution in [0.2, 0.25) is 0 Å². The summed E-state index contributed by atoms with van der Waals surface area (Å²) in [7, 11) is 0. The van der Waals surface area contributed by atoms with E-state index in [2.05, 4.69) is 65.2 Å². The molecule has 0 aliphatic heterocycles. The predicted molar refractivity (Wildman–Crippen MR) is 139 cm³/mol. The second-order valence-electron chi connectivity index (χ2n) is 9.12. The zero-order valence-electron chi connectivity index (χ0n) is 20.5. The number of nitrogens with one attached hydrogen (secondary N) is 3. The van der Waals surface area contributed by atoms with Gasteiger partial charge in [0.25, 0.3) is 0 Å². The van der Waals surface area contributed by atoms with E-state index >= 15 is 0 Å². The molecule has 1 aliphatic carbocycles. The van der Waals surface area contributed by atoms with Gasteiger partial charge >= 0.3 is 0 Å². The first-order valence-electron chi connectivity index (χ1n) is 12.6. The number of hydrogen-bond acceptors (Lipinski definition) is 5. The molecule has 1 saturated carbocycles. The highest BCUT2D eigenvalue weighted by atomic mass is 16.5. The number of hydrogen-bond donors (Lipinski definition) is 5. The summed E-state index contributed by atoms with van der Waals surface area (Å²) in [5, 5.41) is 26.0. The standard InChI is InChI=1S/C29H39N3O2/c1-3-7-28(32-29(21-31-34)22(2)33)26-18-16-24(17-19-26)11-10-23-12-14-25(15-13-23)20-30-27-8-5-4-6-9-27/h7,12-19,22,27,29-34H,3-6,8-9,20-21H2,1-2H3/b28-7+. The van der Waals surface area contributed by atoms with Crippen molar-refractivity contribution >= 4 is 5.70 Å². The van der Waals surface area contributed by atoms with Crippen LogP contribution in [0, 0.1) is 11.8 Å². The van der Waals surface area contributed by atoms with Crippen LogP contribution < -0.4 is 16.1 Å². The molecule has 5 heteroatoms. The lowest BCUT2D eigenvalue weighted by atomic mass is 9.95. The minimum atomic E-state index is -0.612. The van der Waals surface area contributed by atoms with Gasteiger partial charge in [0.2, 0.25) is 0 Å². The fourth-order valence-corrected chi connectivity index (χ4v) is 4.26. The molecule has 0 saturated heterocycles. The van der Waals surface area contributed by atoms with Crippen molar-refractivity contribution < 1.29 is 10.3 Å². The molecule has 5 nitrogen and oxygen atoms in total. The van der Waals surface area contributed by atoms with Crippen molar-refractivity contribution in [1.82, 2.24) is 16.1 Å². The quantitative estimate of drug-likeness (QED) is 0.265. The van der Waals surface area contributed by atoms with E-state index in [1.165, 1.54) is 37.7 Å². The summed E-state index contributed by atoms with van der Waals surface area (Å²) < 4.78 is 0. The minimum Gasteiger partial charge on any atom is -0.391 e. The summed E-state index contributed by atoms with van der Waals surface area (Å²) in [6.45, 7) is 4.95. The number of aliphatic hydroxyl groups excluding tert-OH is 1. The Balaban J connectivity index is 1.59. The lowest BCUT2D eigenvalue weighted by Gasteiger charge is -2.24. The summed E-state index contributed by atoms with van der Waals surface area (Å²) in [6.07, 6.45) is 9.01. The monoisotopic (exact) mass is 461 g/mol. The molecule has 3 rings (SSSR count). The molecule has 0 bridgehead atoms. The van der Waals surface area contributed by atoms with Gasteiger partial charge in [0.05, 0.1) is 12.1 Å². The highest BCUT2D eigenvalue weighted by Gasteiger charge is 2.16. The van der Waals surface area contributed by atoms with Crippen LogP contribution in [0.25, 0.3) is 5.70 Å². The molecular formula is C29H39N3O2. The number of aliphatic hydroxyl groups is 1. The lowest BCUT2D eigenvalue weighted by molar-refractivity contribution is 0.105. The van der Waals surface area contributed by atoms with Crippen LogP contribution in [0.3, 0.4) is 0 Å². The maximum Gasteiger partial charge on any atom is 0.0726 e. The second-order valence-corrected chi connectivity index (χ2v) is 9.12. The first-order valence-corrected chi connectivity index (χ1v) is 12.6. The van der Waals surface area contributed by atoms with Crippen LogP contribution in [-0.2, 0) is 6.54 Å². The average molecular weight is 462 g/mol. The number of benzene rings is 2. The molecule has 0 heterocycles. The van der Waals surface area contributed by atoms with Crippen LogP contribution >= 0.6 is 0 Å². The van der Waals surface area contributed by atoms with Gasteiger partial charge in [-0.05, 0) is 61.6 Å². The van der Waals surface area contributed by atoms with E-state index in [0.29, 0.717) is 6.04 Å². The average Bonchev–Trinajstić information content (AvgIpc) is 2.87. The normalized spacial score (nSPS) is 16.4. The first kappa shape index (κ1) is 26.0. The Morgan fingerprint density at radius 1 is 1.00 bits per heavy atom. The van der Waals surface area contributed by atoms with Crippen molar-refractivity contribution in [2.75, 3.05) is 6.54 Å². The number of allylic oxidation sites excluding steroid dienone is 1. The minimum absolute atomic E-state index is 0.248. The third kappa shape index (κ3) is 8.30. The SMILES string of the molecule is CC/C=C(/NC(CNO)C(C)O)c1ccc(C#Cc2ccc(CNC3CCCCC3)cc2)cc1.